The molecule has 1 unspecified atom stereocenters. The van der Waals surface area contributed by atoms with Crippen molar-refractivity contribution in [3.63, 3.8) is 0 Å². The highest BCUT2D eigenvalue weighted by atomic mass is 19.1. The maximum Gasteiger partial charge on any atom is 0.241 e. The van der Waals surface area contributed by atoms with Gasteiger partial charge in [0.1, 0.15) is 5.82 Å². The molecule has 0 fully saturated rings. The van der Waals surface area contributed by atoms with Gasteiger partial charge in [0.05, 0.1) is 6.04 Å². The lowest BCUT2D eigenvalue weighted by Crippen LogP contribution is -2.39. The molecule has 0 aliphatic rings. The summed E-state index contributed by atoms with van der Waals surface area (Å²) in [6.45, 7) is 4.62. The van der Waals surface area contributed by atoms with Gasteiger partial charge in [-0.05, 0) is 56.3 Å². The van der Waals surface area contributed by atoms with E-state index in [0.717, 1.165) is 0 Å². The Balaban J connectivity index is 1.97. The fourth-order valence-corrected chi connectivity index (χ4v) is 2.17. The van der Waals surface area contributed by atoms with Crippen LogP contribution in [0.1, 0.15) is 18.1 Å². The van der Waals surface area contributed by atoms with Crippen LogP contribution in [-0.2, 0) is 11.3 Å². The van der Waals surface area contributed by atoms with Crippen LogP contribution in [-0.4, -0.2) is 23.9 Å². The lowest BCUT2D eigenvalue weighted by atomic mass is 10.1. The lowest BCUT2D eigenvalue weighted by Gasteiger charge is -2.24. The number of halogens is 1. The van der Waals surface area contributed by atoms with E-state index in [1.807, 2.05) is 31.0 Å². The van der Waals surface area contributed by atoms with Crippen LogP contribution in [0.25, 0.3) is 0 Å². The van der Waals surface area contributed by atoms with Gasteiger partial charge in [0, 0.05) is 12.2 Å². The van der Waals surface area contributed by atoms with Crippen molar-refractivity contribution in [1.29, 1.82) is 0 Å². The van der Waals surface area contributed by atoms with Crippen LogP contribution in [0.2, 0.25) is 0 Å². The van der Waals surface area contributed by atoms with Crippen molar-refractivity contribution < 1.29 is 9.18 Å². The van der Waals surface area contributed by atoms with Gasteiger partial charge in [-0.15, -0.1) is 0 Å². The number of carbonyl (C=O) groups is 1. The van der Waals surface area contributed by atoms with Gasteiger partial charge in [0.25, 0.3) is 0 Å². The Morgan fingerprint density at radius 1 is 1.18 bits per heavy atom. The van der Waals surface area contributed by atoms with E-state index in [-0.39, 0.29) is 17.8 Å². The maximum atomic E-state index is 12.9. The normalized spacial score (nSPS) is 12.2. The van der Waals surface area contributed by atoms with E-state index in [1.54, 1.807) is 12.1 Å². The molecule has 4 heteroatoms. The second-order valence-corrected chi connectivity index (χ2v) is 5.51. The summed E-state index contributed by atoms with van der Waals surface area (Å²) in [5.41, 5.74) is 3.01. The molecular weight excluding hydrogens is 279 g/mol. The highest BCUT2D eigenvalue weighted by Gasteiger charge is 2.18. The largest absolute Gasteiger partial charge is 0.325 e. The minimum absolute atomic E-state index is 0.109. The number of nitrogens with one attached hydrogen (secondary N) is 1. The van der Waals surface area contributed by atoms with Crippen molar-refractivity contribution in [2.45, 2.75) is 26.4 Å². The van der Waals surface area contributed by atoms with Crippen molar-refractivity contribution in [2.24, 2.45) is 0 Å². The van der Waals surface area contributed by atoms with Crippen molar-refractivity contribution in [3.8, 4) is 0 Å². The zero-order valence-electron chi connectivity index (χ0n) is 13.1. The topological polar surface area (TPSA) is 32.3 Å². The summed E-state index contributed by atoms with van der Waals surface area (Å²) in [5.74, 6) is -0.426. The number of hydrogen-bond donors (Lipinski definition) is 1. The molecule has 0 aromatic heterocycles. The Kier molecular flexibility index (Phi) is 5.28. The fraction of sp³-hybridized carbons (Fsp3) is 0.278. The molecule has 2 rings (SSSR count). The van der Waals surface area contributed by atoms with Crippen LogP contribution in [0, 0.1) is 12.7 Å². The van der Waals surface area contributed by atoms with E-state index >= 15 is 0 Å². The first-order chi connectivity index (χ1) is 10.5. The molecule has 0 aliphatic carbocycles. The summed E-state index contributed by atoms with van der Waals surface area (Å²) >= 11 is 0. The molecule has 0 heterocycles. The number of nitrogens with zero attached hydrogens (tertiary/aromatic N) is 1. The molecule has 3 nitrogen and oxygen atoms in total. The standard InChI is InChI=1S/C18H21FN2O/c1-13-6-4-5-7-15(13)12-21(3)14(2)18(22)20-17-10-8-16(19)9-11-17/h4-11,14H,12H2,1-3H3,(H,20,22). The first kappa shape index (κ1) is 16.2. The molecule has 2 aromatic rings. The SMILES string of the molecule is Cc1ccccc1CN(C)C(C)C(=O)Nc1ccc(F)cc1. The Morgan fingerprint density at radius 3 is 2.45 bits per heavy atom. The van der Waals surface area contributed by atoms with Gasteiger partial charge in [0.2, 0.25) is 5.91 Å². The quantitative estimate of drug-likeness (QED) is 0.915. The summed E-state index contributed by atoms with van der Waals surface area (Å²) in [5, 5.41) is 2.80. The van der Waals surface area contributed by atoms with E-state index < -0.39 is 0 Å². The molecule has 22 heavy (non-hydrogen) atoms. The van der Waals surface area contributed by atoms with Gasteiger partial charge >= 0.3 is 0 Å². The third-order valence-corrected chi connectivity index (χ3v) is 3.83. The predicted molar refractivity (Wildman–Crippen MR) is 87.1 cm³/mol. The second kappa shape index (κ2) is 7.18. The smallest absolute Gasteiger partial charge is 0.241 e. The minimum atomic E-state index is -0.317. The molecule has 116 valence electrons. The summed E-state index contributed by atoms with van der Waals surface area (Å²) < 4.78 is 12.9. The molecular formula is C18H21FN2O. The average Bonchev–Trinajstić information content (AvgIpc) is 2.51. The number of hydrogen-bond acceptors (Lipinski definition) is 2. The first-order valence-corrected chi connectivity index (χ1v) is 7.28. The van der Waals surface area contributed by atoms with Crippen molar-refractivity contribution in [1.82, 2.24) is 4.90 Å². The van der Waals surface area contributed by atoms with Crippen LogP contribution >= 0.6 is 0 Å². The number of likely N-dealkylation sites (N-methyl/N-ethyl adjacent to an activating group) is 1. The Hall–Kier alpha value is -2.20. The molecule has 0 saturated carbocycles. The van der Waals surface area contributed by atoms with E-state index in [4.69, 9.17) is 0 Å². The third kappa shape index (κ3) is 4.15. The molecule has 0 spiro atoms. The van der Waals surface area contributed by atoms with E-state index in [9.17, 15) is 9.18 Å². The van der Waals surface area contributed by atoms with Crippen molar-refractivity contribution in [2.75, 3.05) is 12.4 Å². The number of rotatable bonds is 5. The maximum absolute atomic E-state index is 12.9. The molecule has 0 aliphatic heterocycles. The van der Waals surface area contributed by atoms with E-state index in [2.05, 4.69) is 24.4 Å². The van der Waals surface area contributed by atoms with Crippen LogP contribution in [0.3, 0.4) is 0 Å². The molecule has 2 aromatic carbocycles. The Labute approximate surface area is 130 Å². The van der Waals surface area contributed by atoms with Crippen LogP contribution < -0.4 is 5.32 Å². The van der Waals surface area contributed by atoms with Crippen molar-refractivity contribution >= 4 is 11.6 Å². The molecule has 0 radical (unpaired) electrons. The first-order valence-electron chi connectivity index (χ1n) is 7.28. The Bertz CT molecular complexity index is 640. The number of amides is 1. The third-order valence-electron chi connectivity index (χ3n) is 3.83. The summed E-state index contributed by atoms with van der Waals surface area (Å²) in [4.78, 5) is 14.3. The zero-order valence-corrected chi connectivity index (χ0v) is 13.1. The lowest BCUT2D eigenvalue weighted by molar-refractivity contribution is -0.120. The number of aryl methyl sites for hydroxylation is 1. The van der Waals surface area contributed by atoms with Crippen LogP contribution in [0.4, 0.5) is 10.1 Å². The molecule has 0 bridgehead atoms. The monoisotopic (exact) mass is 300 g/mol. The minimum Gasteiger partial charge on any atom is -0.325 e. The van der Waals surface area contributed by atoms with Crippen LogP contribution in [0.15, 0.2) is 48.5 Å². The fourth-order valence-electron chi connectivity index (χ4n) is 2.17. The summed E-state index contributed by atoms with van der Waals surface area (Å²) in [6, 6.07) is 13.6. The van der Waals surface area contributed by atoms with Gasteiger partial charge in [-0.1, -0.05) is 24.3 Å². The van der Waals surface area contributed by atoms with Gasteiger partial charge in [0.15, 0.2) is 0 Å². The predicted octanol–water partition coefficient (Wildman–Crippen LogP) is 3.59. The highest BCUT2D eigenvalue weighted by molar-refractivity contribution is 5.94. The van der Waals surface area contributed by atoms with Crippen LogP contribution in [0.5, 0.6) is 0 Å². The van der Waals surface area contributed by atoms with E-state index in [1.165, 1.54) is 23.3 Å². The molecule has 1 amide bonds. The van der Waals surface area contributed by atoms with Crippen molar-refractivity contribution in [3.05, 3.63) is 65.5 Å². The van der Waals surface area contributed by atoms with E-state index in [0.29, 0.717) is 12.2 Å². The summed E-state index contributed by atoms with van der Waals surface area (Å²) in [7, 11) is 1.92. The highest BCUT2D eigenvalue weighted by Crippen LogP contribution is 2.13. The molecule has 1 atom stereocenters. The van der Waals surface area contributed by atoms with Gasteiger partial charge in [-0.3, -0.25) is 9.69 Å². The average molecular weight is 300 g/mol. The second-order valence-electron chi connectivity index (χ2n) is 5.51. The number of anilines is 1. The van der Waals surface area contributed by atoms with Gasteiger partial charge in [-0.2, -0.15) is 0 Å². The molecule has 0 saturated heterocycles. The zero-order chi connectivity index (χ0) is 16.1. The molecule has 1 N–H and O–H groups in total. The Morgan fingerprint density at radius 2 is 1.82 bits per heavy atom. The number of carbonyl (C=O) groups excluding carboxylic acids is 1. The van der Waals surface area contributed by atoms with Gasteiger partial charge < -0.3 is 5.32 Å². The number of benzene rings is 2. The summed E-state index contributed by atoms with van der Waals surface area (Å²) in [6.07, 6.45) is 0. The van der Waals surface area contributed by atoms with Gasteiger partial charge in [-0.25, -0.2) is 4.39 Å².